The summed E-state index contributed by atoms with van der Waals surface area (Å²) in [6, 6.07) is 0. The molecule has 0 saturated carbocycles. The summed E-state index contributed by atoms with van der Waals surface area (Å²) >= 11 is -2.19. The van der Waals surface area contributed by atoms with Gasteiger partial charge in [-0.25, -0.2) is 0 Å². The summed E-state index contributed by atoms with van der Waals surface area (Å²) in [5, 5.41) is 0. The Morgan fingerprint density at radius 3 is 1.75 bits per heavy atom. The second-order valence-corrected chi connectivity index (χ2v) is 0.500. The Balaban J connectivity index is 0. The second kappa shape index (κ2) is 11.3. The first kappa shape index (κ1) is 8.93. The molecule has 3 nitrogen and oxygen atoms in total. The Labute approximate surface area is 30.6 Å². The van der Waals surface area contributed by atoms with Gasteiger partial charge in [-0.1, -0.05) is 0 Å². The van der Waals surface area contributed by atoms with E-state index in [2.05, 4.69) is 0 Å². The van der Waals surface area contributed by atoms with Crippen LogP contribution < -0.4 is 10.3 Å². The summed E-state index contributed by atoms with van der Waals surface area (Å²) in [7, 11) is 0. The molecule has 0 aromatic carbocycles. The van der Waals surface area contributed by atoms with Gasteiger partial charge in [0.1, 0.15) is 0 Å². The molecule has 0 aliphatic heterocycles. The Bertz CT molecular complexity index is 13.5. The van der Waals surface area contributed by atoms with E-state index in [0.29, 0.717) is 0 Å². The molecule has 0 saturated heterocycles. The Morgan fingerprint density at radius 1 is 1.75 bits per heavy atom. The topological polar surface area (TPSA) is 76.6 Å². The second-order valence-electron chi connectivity index (χ2n) is 0.0962. The van der Waals surface area contributed by atoms with Gasteiger partial charge in [-0.3, -0.25) is 0 Å². The SMILES string of the molecule is [NH4+].[O]=[GeH][O-]. The maximum absolute atomic E-state index is 8.53. The van der Waals surface area contributed by atoms with Gasteiger partial charge in [0, 0.05) is 0 Å². The van der Waals surface area contributed by atoms with Crippen molar-refractivity contribution in [2.75, 3.05) is 0 Å². The molecule has 0 fully saturated rings. The molecule has 0 spiro atoms. The minimum atomic E-state index is -2.19. The van der Waals surface area contributed by atoms with E-state index in [1.165, 1.54) is 0 Å². The first-order valence-corrected chi connectivity index (χ1v) is 2.45. The van der Waals surface area contributed by atoms with Gasteiger partial charge in [-0.15, -0.1) is 0 Å². The van der Waals surface area contributed by atoms with Gasteiger partial charge in [0.25, 0.3) is 0 Å². The summed E-state index contributed by atoms with van der Waals surface area (Å²) in [4.78, 5) is 0. The van der Waals surface area contributed by atoms with Gasteiger partial charge in [-0.2, -0.15) is 0 Å². The van der Waals surface area contributed by atoms with Crippen molar-refractivity contribution >= 4 is 15.7 Å². The third kappa shape index (κ3) is 242. The third-order valence-electron chi connectivity index (χ3n) is 0. The minimum absolute atomic E-state index is 0. The molecule has 0 radical (unpaired) electrons. The van der Waals surface area contributed by atoms with Crippen LogP contribution in [0.1, 0.15) is 0 Å². The predicted molar refractivity (Wildman–Crippen MR) is 13.8 cm³/mol. The van der Waals surface area contributed by atoms with Crippen LogP contribution in [0, 0.1) is 0 Å². The normalized spacial score (nSPS) is 3.00. The molecule has 0 heterocycles. The van der Waals surface area contributed by atoms with E-state index in [1.54, 1.807) is 0 Å². The van der Waals surface area contributed by atoms with Crippen LogP contribution in [0.25, 0.3) is 0 Å². The van der Waals surface area contributed by atoms with Crippen molar-refractivity contribution in [3.63, 3.8) is 0 Å². The zero-order valence-corrected chi connectivity index (χ0v) is 4.82. The molecular formula is H5GeNO2. The third-order valence-corrected chi connectivity index (χ3v) is 0. The average molecular weight is 124 g/mol. The van der Waals surface area contributed by atoms with Crippen molar-refractivity contribution in [1.82, 2.24) is 6.15 Å². The molecule has 0 aromatic rings. The van der Waals surface area contributed by atoms with Crippen molar-refractivity contribution in [3.05, 3.63) is 0 Å². The Hall–Kier alpha value is 0.103. The molecule has 26 valence electrons. The van der Waals surface area contributed by atoms with Crippen molar-refractivity contribution in [2.24, 2.45) is 0 Å². The molecule has 0 amide bonds. The van der Waals surface area contributed by atoms with E-state index >= 15 is 0 Å². The summed E-state index contributed by atoms with van der Waals surface area (Å²) in [6.45, 7) is 0. The number of hydrogen-bond acceptors (Lipinski definition) is 2. The van der Waals surface area contributed by atoms with E-state index in [-0.39, 0.29) is 6.15 Å². The van der Waals surface area contributed by atoms with Crippen LogP contribution >= 0.6 is 0 Å². The number of hydrogen-bond donors (Lipinski definition) is 1. The summed E-state index contributed by atoms with van der Waals surface area (Å²) in [5.74, 6) is 0. The summed E-state index contributed by atoms with van der Waals surface area (Å²) in [6.07, 6.45) is 0. The standard InChI is InChI=1S/GeHO2.H3N/c2-1-3;/h1H;1H3/q-1;/p+1. The molecule has 0 aliphatic rings. The Kier molecular flexibility index (Phi) is 25.2. The molecular weight excluding hydrogens is 119 g/mol. The zero-order chi connectivity index (χ0) is 2.71. The van der Waals surface area contributed by atoms with E-state index in [1.807, 2.05) is 0 Å². The molecule has 0 bridgehead atoms. The van der Waals surface area contributed by atoms with Gasteiger partial charge >= 0.3 is 23.6 Å². The van der Waals surface area contributed by atoms with Gasteiger partial charge in [0.15, 0.2) is 0 Å². The van der Waals surface area contributed by atoms with Crippen LogP contribution in [0.4, 0.5) is 0 Å². The number of rotatable bonds is 0. The van der Waals surface area contributed by atoms with Crippen molar-refractivity contribution in [1.29, 1.82) is 0 Å². The molecule has 4 N–H and O–H groups in total. The Morgan fingerprint density at radius 2 is 1.75 bits per heavy atom. The molecule has 4 heavy (non-hydrogen) atoms. The van der Waals surface area contributed by atoms with Crippen LogP contribution in [0.2, 0.25) is 0 Å². The fourth-order valence-corrected chi connectivity index (χ4v) is 0. The van der Waals surface area contributed by atoms with Gasteiger partial charge < -0.3 is 6.15 Å². The van der Waals surface area contributed by atoms with E-state index in [0.717, 1.165) is 0 Å². The molecule has 0 aliphatic carbocycles. The summed E-state index contributed by atoms with van der Waals surface area (Å²) in [5.41, 5.74) is 0. The van der Waals surface area contributed by atoms with Crippen molar-refractivity contribution < 1.29 is 7.91 Å². The van der Waals surface area contributed by atoms with Crippen molar-refractivity contribution in [2.45, 2.75) is 0 Å². The van der Waals surface area contributed by atoms with Crippen molar-refractivity contribution in [3.8, 4) is 0 Å². The van der Waals surface area contributed by atoms with E-state index < -0.39 is 15.7 Å². The average Bonchev–Trinajstić information content (AvgIpc) is 0.918. The van der Waals surface area contributed by atoms with Crippen LogP contribution in [0.15, 0.2) is 0 Å². The van der Waals surface area contributed by atoms with Crippen LogP contribution in [0.3, 0.4) is 0 Å². The van der Waals surface area contributed by atoms with Gasteiger partial charge in [0.05, 0.1) is 0 Å². The molecule has 0 aromatic heterocycles. The number of quaternary nitrogens is 1. The monoisotopic (exact) mass is 125 g/mol. The summed E-state index contributed by atoms with van der Waals surface area (Å²) < 4.78 is 17.1. The molecule has 0 unspecified atom stereocenters. The maximum atomic E-state index is 8.53. The fraction of sp³-hybridized carbons (Fsp3) is 0. The molecule has 0 atom stereocenters. The predicted octanol–water partition coefficient (Wildman–Crippen LogP) is -1.58. The first-order chi connectivity index (χ1) is 1.41. The quantitative estimate of drug-likeness (QED) is 0.395. The van der Waals surface area contributed by atoms with Crippen LogP contribution in [0.5, 0.6) is 0 Å². The van der Waals surface area contributed by atoms with Gasteiger partial charge in [0.2, 0.25) is 0 Å². The molecule has 0 rings (SSSR count). The zero-order valence-electron chi connectivity index (χ0n) is 2.39. The fourth-order valence-electron chi connectivity index (χ4n) is 0. The van der Waals surface area contributed by atoms with E-state index in [9.17, 15) is 0 Å². The van der Waals surface area contributed by atoms with Crippen LogP contribution in [-0.4, -0.2) is 15.7 Å². The molecule has 4 heteroatoms. The van der Waals surface area contributed by atoms with Gasteiger partial charge in [-0.05, 0) is 0 Å². The first-order valence-electron chi connectivity index (χ1n) is 0.471. The van der Waals surface area contributed by atoms with Crippen LogP contribution in [-0.2, 0) is 3.78 Å². The van der Waals surface area contributed by atoms with E-state index in [4.69, 9.17) is 7.91 Å².